The van der Waals surface area contributed by atoms with E-state index in [9.17, 15) is 0 Å². The van der Waals surface area contributed by atoms with E-state index in [1.807, 2.05) is 30.3 Å². The molecule has 23 heavy (non-hydrogen) atoms. The van der Waals surface area contributed by atoms with Gasteiger partial charge in [-0.05, 0) is 61.1 Å². The highest BCUT2D eigenvalue weighted by Gasteiger charge is 2.12. The third-order valence-electron chi connectivity index (χ3n) is 4.15. The molecule has 3 heteroatoms. The predicted molar refractivity (Wildman–Crippen MR) is 95.3 cm³/mol. The molecule has 2 aromatic rings. The molecule has 0 bridgehead atoms. The number of nitrogens with two attached hydrogens (primary N) is 1. The van der Waals surface area contributed by atoms with E-state index in [1.54, 1.807) is 7.11 Å². The molecule has 0 fully saturated rings. The van der Waals surface area contributed by atoms with Crippen molar-refractivity contribution in [2.24, 2.45) is 5.73 Å². The number of methoxy groups -OCH3 is 1. The van der Waals surface area contributed by atoms with Gasteiger partial charge in [-0.15, -0.1) is 0 Å². The molecule has 0 saturated heterocycles. The van der Waals surface area contributed by atoms with Gasteiger partial charge in [-0.1, -0.05) is 37.3 Å². The van der Waals surface area contributed by atoms with Gasteiger partial charge in [0.2, 0.25) is 0 Å². The summed E-state index contributed by atoms with van der Waals surface area (Å²) in [6.45, 7) is 3.52. The van der Waals surface area contributed by atoms with Crippen LogP contribution in [0.2, 0.25) is 0 Å². The molecule has 0 saturated carbocycles. The monoisotopic (exact) mass is 313 g/mol. The van der Waals surface area contributed by atoms with E-state index in [1.165, 1.54) is 11.1 Å². The second-order valence-electron chi connectivity index (χ2n) is 5.66. The average Bonchev–Trinajstić information content (AvgIpc) is 2.62. The zero-order valence-corrected chi connectivity index (χ0v) is 14.1. The van der Waals surface area contributed by atoms with Gasteiger partial charge in [0.15, 0.2) is 0 Å². The lowest BCUT2D eigenvalue weighted by Gasteiger charge is -2.17. The zero-order valence-electron chi connectivity index (χ0n) is 14.1. The molecule has 0 aliphatic rings. The molecular weight excluding hydrogens is 286 g/mol. The Labute approximate surface area is 139 Å². The summed E-state index contributed by atoms with van der Waals surface area (Å²) in [6.07, 6.45) is 2.98. The van der Waals surface area contributed by atoms with Crippen molar-refractivity contribution >= 4 is 0 Å². The first-order valence-corrected chi connectivity index (χ1v) is 8.33. The summed E-state index contributed by atoms with van der Waals surface area (Å²) in [6, 6.07) is 16.4. The van der Waals surface area contributed by atoms with Crippen LogP contribution in [0.1, 0.15) is 36.8 Å². The van der Waals surface area contributed by atoms with E-state index in [2.05, 4.69) is 25.1 Å². The summed E-state index contributed by atoms with van der Waals surface area (Å²) in [4.78, 5) is 0. The predicted octanol–water partition coefficient (Wildman–Crippen LogP) is 4.16. The molecule has 0 aromatic heterocycles. The molecular formula is C20H27NO2. The summed E-state index contributed by atoms with van der Waals surface area (Å²) in [5.74, 6) is 2.25. The van der Waals surface area contributed by atoms with Gasteiger partial charge < -0.3 is 15.2 Å². The van der Waals surface area contributed by atoms with Crippen LogP contribution in [0.4, 0.5) is 0 Å². The van der Waals surface area contributed by atoms with Gasteiger partial charge in [0, 0.05) is 0 Å². The van der Waals surface area contributed by atoms with E-state index in [0.29, 0.717) is 12.5 Å². The van der Waals surface area contributed by atoms with Gasteiger partial charge in [0.25, 0.3) is 0 Å². The van der Waals surface area contributed by atoms with Crippen LogP contribution in [-0.2, 0) is 6.42 Å². The molecule has 124 valence electrons. The lowest BCUT2D eigenvalue weighted by Crippen LogP contribution is -2.14. The topological polar surface area (TPSA) is 44.5 Å². The zero-order chi connectivity index (χ0) is 16.5. The SMILES string of the molecule is CCc1cc(C(CN)CCCOc2ccccc2)ccc1OC. The highest BCUT2D eigenvalue weighted by atomic mass is 16.5. The highest BCUT2D eigenvalue weighted by Crippen LogP contribution is 2.27. The number of aryl methyl sites for hydroxylation is 1. The summed E-state index contributed by atoms with van der Waals surface area (Å²) in [5.41, 5.74) is 8.52. The first-order chi connectivity index (χ1) is 11.3. The Kier molecular flexibility index (Phi) is 6.95. The minimum atomic E-state index is 0.366. The molecule has 0 aliphatic heterocycles. The summed E-state index contributed by atoms with van der Waals surface area (Å²) in [7, 11) is 1.72. The smallest absolute Gasteiger partial charge is 0.122 e. The van der Waals surface area contributed by atoms with Gasteiger partial charge in [0.1, 0.15) is 11.5 Å². The Balaban J connectivity index is 1.89. The van der Waals surface area contributed by atoms with Gasteiger partial charge >= 0.3 is 0 Å². The number of para-hydroxylation sites is 1. The van der Waals surface area contributed by atoms with Crippen LogP contribution in [0.25, 0.3) is 0 Å². The number of hydrogen-bond donors (Lipinski definition) is 1. The van der Waals surface area contributed by atoms with Gasteiger partial charge in [-0.25, -0.2) is 0 Å². The van der Waals surface area contributed by atoms with E-state index in [4.69, 9.17) is 15.2 Å². The molecule has 0 heterocycles. The molecule has 2 rings (SSSR count). The fourth-order valence-corrected chi connectivity index (χ4v) is 2.79. The Morgan fingerprint density at radius 3 is 2.52 bits per heavy atom. The Morgan fingerprint density at radius 1 is 1.09 bits per heavy atom. The molecule has 0 spiro atoms. The maximum atomic E-state index is 5.99. The lowest BCUT2D eigenvalue weighted by molar-refractivity contribution is 0.301. The van der Waals surface area contributed by atoms with E-state index < -0.39 is 0 Å². The van der Waals surface area contributed by atoms with Crippen molar-refractivity contribution in [1.82, 2.24) is 0 Å². The molecule has 0 aliphatic carbocycles. The van der Waals surface area contributed by atoms with E-state index >= 15 is 0 Å². The first kappa shape index (κ1) is 17.4. The number of ether oxygens (including phenoxy) is 2. The fourth-order valence-electron chi connectivity index (χ4n) is 2.79. The van der Waals surface area contributed by atoms with Gasteiger partial charge in [-0.2, -0.15) is 0 Å². The van der Waals surface area contributed by atoms with Gasteiger partial charge in [0.05, 0.1) is 13.7 Å². The number of rotatable bonds is 9. The van der Waals surface area contributed by atoms with Crippen LogP contribution in [0.3, 0.4) is 0 Å². The molecule has 2 aromatic carbocycles. The van der Waals surface area contributed by atoms with Crippen molar-refractivity contribution in [3.63, 3.8) is 0 Å². The Morgan fingerprint density at radius 2 is 1.87 bits per heavy atom. The van der Waals surface area contributed by atoms with Crippen molar-refractivity contribution in [2.75, 3.05) is 20.3 Å². The van der Waals surface area contributed by atoms with Crippen LogP contribution in [0, 0.1) is 0 Å². The molecule has 0 amide bonds. The first-order valence-electron chi connectivity index (χ1n) is 8.33. The Bertz CT molecular complexity index is 583. The van der Waals surface area contributed by atoms with Crippen LogP contribution in [0.5, 0.6) is 11.5 Å². The Hall–Kier alpha value is -2.00. The lowest BCUT2D eigenvalue weighted by atomic mass is 9.92. The van der Waals surface area contributed by atoms with Crippen molar-refractivity contribution < 1.29 is 9.47 Å². The minimum Gasteiger partial charge on any atom is -0.496 e. The normalized spacial score (nSPS) is 12.0. The van der Waals surface area contributed by atoms with Crippen LogP contribution in [-0.4, -0.2) is 20.3 Å². The summed E-state index contributed by atoms with van der Waals surface area (Å²) in [5, 5.41) is 0. The second kappa shape index (κ2) is 9.21. The fraction of sp³-hybridized carbons (Fsp3) is 0.400. The van der Waals surface area contributed by atoms with E-state index in [-0.39, 0.29) is 0 Å². The standard InChI is InChI=1S/C20H27NO2/c1-3-16-14-17(11-12-20(16)22-2)18(15-21)8-7-13-23-19-9-5-4-6-10-19/h4-6,9-12,14,18H,3,7-8,13,15,21H2,1-2H3. The largest absolute Gasteiger partial charge is 0.496 e. The third-order valence-corrected chi connectivity index (χ3v) is 4.15. The molecule has 2 N–H and O–H groups in total. The maximum Gasteiger partial charge on any atom is 0.122 e. The molecule has 1 atom stereocenters. The van der Waals surface area contributed by atoms with Crippen molar-refractivity contribution in [3.8, 4) is 11.5 Å². The van der Waals surface area contributed by atoms with Crippen LogP contribution < -0.4 is 15.2 Å². The quantitative estimate of drug-likeness (QED) is 0.707. The van der Waals surface area contributed by atoms with Crippen molar-refractivity contribution in [2.45, 2.75) is 32.1 Å². The average molecular weight is 313 g/mol. The molecule has 1 unspecified atom stereocenters. The maximum absolute atomic E-state index is 5.99. The minimum absolute atomic E-state index is 0.366. The van der Waals surface area contributed by atoms with Crippen molar-refractivity contribution in [1.29, 1.82) is 0 Å². The van der Waals surface area contributed by atoms with Gasteiger partial charge in [-0.3, -0.25) is 0 Å². The van der Waals surface area contributed by atoms with E-state index in [0.717, 1.165) is 37.4 Å². The molecule has 0 radical (unpaired) electrons. The highest BCUT2D eigenvalue weighted by molar-refractivity contribution is 5.38. The second-order valence-corrected chi connectivity index (χ2v) is 5.66. The summed E-state index contributed by atoms with van der Waals surface area (Å²) < 4.78 is 11.2. The van der Waals surface area contributed by atoms with Crippen LogP contribution >= 0.6 is 0 Å². The number of hydrogen-bond acceptors (Lipinski definition) is 3. The van der Waals surface area contributed by atoms with Crippen molar-refractivity contribution in [3.05, 3.63) is 59.7 Å². The molecule has 3 nitrogen and oxygen atoms in total. The third kappa shape index (κ3) is 5.00. The number of benzene rings is 2. The summed E-state index contributed by atoms with van der Waals surface area (Å²) >= 11 is 0. The van der Waals surface area contributed by atoms with Crippen LogP contribution in [0.15, 0.2) is 48.5 Å².